The average Bonchev–Trinajstić information content (AvgIpc) is 2.32. The van der Waals surface area contributed by atoms with Crippen LogP contribution >= 0.6 is 0 Å². The fraction of sp³-hybridized carbons (Fsp3) is 0.400. The minimum Gasteiger partial charge on any atom is -0.503 e. The molecule has 0 saturated carbocycles. The van der Waals surface area contributed by atoms with Crippen molar-refractivity contribution in [2.75, 3.05) is 31.1 Å². The van der Waals surface area contributed by atoms with Gasteiger partial charge in [0.05, 0.1) is 5.69 Å². The van der Waals surface area contributed by atoms with Crippen LogP contribution in [0.1, 0.15) is 0 Å². The minimum atomic E-state index is -1.31. The summed E-state index contributed by atoms with van der Waals surface area (Å²) in [7, 11) is 0. The fourth-order valence-corrected chi connectivity index (χ4v) is 1.73. The fourth-order valence-electron chi connectivity index (χ4n) is 1.73. The van der Waals surface area contributed by atoms with Crippen molar-refractivity contribution in [2.24, 2.45) is 0 Å². The van der Waals surface area contributed by atoms with E-state index in [0.29, 0.717) is 26.2 Å². The van der Waals surface area contributed by atoms with Crippen molar-refractivity contribution in [3.05, 3.63) is 17.7 Å². The molecule has 0 bridgehead atoms. The number of nitrogens with zero attached hydrogens (tertiary/aromatic N) is 1. The molecule has 88 valence electrons. The van der Waals surface area contributed by atoms with Crippen LogP contribution in [-0.2, 0) is 0 Å². The van der Waals surface area contributed by atoms with Gasteiger partial charge in [-0.25, -0.2) is 4.39 Å². The molecule has 1 fully saturated rings. The third-order valence-corrected chi connectivity index (χ3v) is 2.61. The highest BCUT2D eigenvalue weighted by molar-refractivity contribution is 5.61. The lowest BCUT2D eigenvalue weighted by Gasteiger charge is -2.30. The predicted molar refractivity (Wildman–Crippen MR) is 54.8 cm³/mol. The van der Waals surface area contributed by atoms with Gasteiger partial charge in [-0.15, -0.1) is 0 Å². The maximum absolute atomic E-state index is 13.2. The molecule has 1 heterocycles. The van der Waals surface area contributed by atoms with Gasteiger partial charge in [0.2, 0.25) is 5.82 Å². The van der Waals surface area contributed by atoms with Crippen molar-refractivity contribution >= 4 is 5.69 Å². The second kappa shape index (κ2) is 4.13. The Hall–Kier alpha value is -1.56. The molecule has 0 aromatic heterocycles. The summed E-state index contributed by atoms with van der Waals surface area (Å²) >= 11 is 0. The van der Waals surface area contributed by atoms with Crippen molar-refractivity contribution in [1.29, 1.82) is 0 Å². The van der Waals surface area contributed by atoms with Gasteiger partial charge < -0.3 is 20.4 Å². The number of piperazine rings is 1. The maximum atomic E-state index is 13.2. The first kappa shape index (κ1) is 10.9. The van der Waals surface area contributed by atoms with Gasteiger partial charge in [0.1, 0.15) is 0 Å². The molecular formula is C10H12F2N2O2. The quantitative estimate of drug-likeness (QED) is 0.667. The summed E-state index contributed by atoms with van der Waals surface area (Å²) in [5, 5.41) is 21.5. The van der Waals surface area contributed by atoms with Crippen LogP contribution in [-0.4, -0.2) is 36.4 Å². The van der Waals surface area contributed by atoms with E-state index < -0.39 is 23.1 Å². The lowest BCUT2D eigenvalue weighted by atomic mass is 10.2. The van der Waals surface area contributed by atoms with Crippen molar-refractivity contribution in [3.8, 4) is 11.5 Å². The molecule has 4 nitrogen and oxygen atoms in total. The molecule has 0 atom stereocenters. The van der Waals surface area contributed by atoms with E-state index in [1.807, 2.05) is 0 Å². The summed E-state index contributed by atoms with van der Waals surface area (Å²) in [6.45, 7) is 2.47. The van der Waals surface area contributed by atoms with E-state index in [2.05, 4.69) is 5.32 Å². The number of aromatic hydroxyl groups is 2. The zero-order valence-electron chi connectivity index (χ0n) is 8.50. The summed E-state index contributed by atoms with van der Waals surface area (Å²) in [5.74, 6) is -4.23. The van der Waals surface area contributed by atoms with Crippen molar-refractivity contribution in [3.63, 3.8) is 0 Å². The molecule has 0 radical (unpaired) electrons. The number of hydrogen-bond acceptors (Lipinski definition) is 4. The number of phenolic OH excluding ortho intramolecular Hbond substituents is 2. The largest absolute Gasteiger partial charge is 0.503 e. The highest BCUT2D eigenvalue weighted by Gasteiger charge is 2.22. The highest BCUT2D eigenvalue weighted by Crippen LogP contribution is 2.37. The molecule has 1 saturated heterocycles. The normalized spacial score (nSPS) is 16.5. The Bertz CT molecular complexity index is 406. The second-order valence-corrected chi connectivity index (χ2v) is 3.63. The van der Waals surface area contributed by atoms with Gasteiger partial charge in [-0.2, -0.15) is 4.39 Å². The number of hydrogen-bond donors (Lipinski definition) is 3. The number of anilines is 1. The third-order valence-electron chi connectivity index (χ3n) is 2.61. The first-order chi connectivity index (χ1) is 7.61. The maximum Gasteiger partial charge on any atom is 0.211 e. The third kappa shape index (κ3) is 1.76. The average molecular weight is 230 g/mol. The number of nitrogens with one attached hydrogen (secondary N) is 1. The van der Waals surface area contributed by atoms with Crippen LogP contribution in [0.4, 0.5) is 14.5 Å². The molecule has 1 aromatic rings. The Morgan fingerprint density at radius 2 is 1.75 bits per heavy atom. The highest BCUT2D eigenvalue weighted by atomic mass is 19.1. The molecule has 6 heteroatoms. The molecule has 1 aromatic carbocycles. The Balaban J connectivity index is 2.40. The Morgan fingerprint density at radius 1 is 1.12 bits per heavy atom. The molecule has 1 aliphatic rings. The van der Waals surface area contributed by atoms with Crippen LogP contribution in [0.3, 0.4) is 0 Å². The van der Waals surface area contributed by atoms with Crippen LogP contribution in [0.25, 0.3) is 0 Å². The van der Waals surface area contributed by atoms with Crippen LogP contribution < -0.4 is 10.2 Å². The molecule has 3 N–H and O–H groups in total. The molecule has 2 rings (SSSR count). The van der Waals surface area contributed by atoms with Crippen LogP contribution in [0.15, 0.2) is 6.07 Å². The van der Waals surface area contributed by atoms with Crippen molar-refractivity contribution in [1.82, 2.24) is 5.32 Å². The van der Waals surface area contributed by atoms with Gasteiger partial charge in [-0.3, -0.25) is 0 Å². The second-order valence-electron chi connectivity index (χ2n) is 3.63. The van der Waals surface area contributed by atoms with E-state index in [4.69, 9.17) is 5.11 Å². The molecule has 16 heavy (non-hydrogen) atoms. The van der Waals surface area contributed by atoms with Gasteiger partial charge >= 0.3 is 0 Å². The minimum absolute atomic E-state index is 0.0781. The van der Waals surface area contributed by atoms with E-state index >= 15 is 0 Å². The van der Waals surface area contributed by atoms with Gasteiger partial charge in [-0.1, -0.05) is 0 Å². The van der Waals surface area contributed by atoms with E-state index in [9.17, 15) is 13.9 Å². The smallest absolute Gasteiger partial charge is 0.211 e. The summed E-state index contributed by atoms with van der Waals surface area (Å²) in [4.78, 5) is 1.66. The lowest BCUT2D eigenvalue weighted by Crippen LogP contribution is -2.43. The Kier molecular flexibility index (Phi) is 2.82. The van der Waals surface area contributed by atoms with E-state index in [1.54, 1.807) is 4.90 Å². The number of halogens is 2. The zero-order valence-corrected chi connectivity index (χ0v) is 8.50. The Morgan fingerprint density at radius 3 is 2.38 bits per heavy atom. The SMILES string of the molecule is Oc1c(F)cc(N2CCNCC2)c(O)c1F. The van der Waals surface area contributed by atoms with E-state index in [1.165, 1.54) is 0 Å². The first-order valence-electron chi connectivity index (χ1n) is 4.97. The summed E-state index contributed by atoms with van der Waals surface area (Å²) in [5.41, 5.74) is 0.0781. The van der Waals surface area contributed by atoms with Gasteiger partial charge in [0.15, 0.2) is 17.3 Å². The van der Waals surface area contributed by atoms with Crippen molar-refractivity contribution < 1.29 is 19.0 Å². The molecule has 0 unspecified atom stereocenters. The summed E-state index contributed by atoms with van der Waals surface area (Å²) < 4.78 is 26.4. The molecule has 1 aliphatic heterocycles. The van der Waals surface area contributed by atoms with Gasteiger partial charge in [-0.05, 0) is 0 Å². The Labute approximate surface area is 91.1 Å². The topological polar surface area (TPSA) is 55.7 Å². The van der Waals surface area contributed by atoms with Crippen LogP contribution in [0.5, 0.6) is 11.5 Å². The molecular weight excluding hydrogens is 218 g/mol. The van der Waals surface area contributed by atoms with E-state index in [0.717, 1.165) is 6.07 Å². The van der Waals surface area contributed by atoms with Crippen LogP contribution in [0, 0.1) is 11.6 Å². The molecule has 0 spiro atoms. The van der Waals surface area contributed by atoms with Gasteiger partial charge in [0, 0.05) is 32.2 Å². The van der Waals surface area contributed by atoms with Gasteiger partial charge in [0.25, 0.3) is 0 Å². The van der Waals surface area contributed by atoms with E-state index in [-0.39, 0.29) is 5.69 Å². The summed E-state index contributed by atoms with van der Waals surface area (Å²) in [6, 6.07) is 0.944. The standard InChI is InChI=1S/C10H12F2N2O2/c11-6-5-7(10(16)8(12)9(6)15)14-3-1-13-2-4-14/h5,13,15-16H,1-4H2. The molecule has 0 amide bonds. The first-order valence-corrected chi connectivity index (χ1v) is 4.97. The predicted octanol–water partition coefficient (Wildman–Crippen LogP) is 0.786. The number of benzene rings is 1. The van der Waals surface area contributed by atoms with Crippen LogP contribution in [0.2, 0.25) is 0 Å². The molecule has 0 aliphatic carbocycles. The lowest BCUT2D eigenvalue weighted by molar-refractivity contribution is 0.366. The summed E-state index contributed by atoms with van der Waals surface area (Å²) in [6.07, 6.45) is 0. The van der Waals surface area contributed by atoms with Crippen molar-refractivity contribution in [2.45, 2.75) is 0 Å². The zero-order chi connectivity index (χ0) is 11.7. The number of rotatable bonds is 1. The number of phenols is 2. The monoisotopic (exact) mass is 230 g/mol.